The second-order valence-electron chi connectivity index (χ2n) is 9.39. The minimum atomic E-state index is -1.44. The monoisotopic (exact) mass is 594 g/mol. The summed E-state index contributed by atoms with van der Waals surface area (Å²) >= 11 is 0. The zero-order chi connectivity index (χ0) is 31.8. The lowest BCUT2D eigenvalue weighted by Gasteiger charge is -2.25. The van der Waals surface area contributed by atoms with E-state index in [0.717, 1.165) is 0 Å². The van der Waals surface area contributed by atoms with Crippen LogP contribution < -0.4 is 38.9 Å². The Balaban J connectivity index is 3.11. The number of carboxylic acid groups (broad SMARTS) is 2. The number of carbonyl (C=O) groups is 6. The molecule has 0 fully saturated rings. The Bertz CT molecular complexity index is 1140. The molecule has 0 bridgehead atoms. The Morgan fingerprint density at radius 2 is 1.31 bits per heavy atom. The fraction of sp³-hybridized carbons (Fsp3) is 0.480. The van der Waals surface area contributed by atoms with Crippen LogP contribution >= 0.6 is 0 Å². The summed E-state index contributed by atoms with van der Waals surface area (Å²) in [6.45, 7) is 0.0751. The summed E-state index contributed by atoms with van der Waals surface area (Å²) in [6, 6.07) is 0.264. The summed E-state index contributed by atoms with van der Waals surface area (Å²) in [5, 5.41) is 35.3. The van der Waals surface area contributed by atoms with Crippen molar-refractivity contribution in [2.45, 2.75) is 69.1 Å². The van der Waals surface area contributed by atoms with Gasteiger partial charge in [-0.25, -0.2) is 4.79 Å². The van der Waals surface area contributed by atoms with E-state index in [1.54, 1.807) is 0 Å². The zero-order valence-corrected chi connectivity index (χ0v) is 22.8. The molecule has 1 rings (SSSR count). The Morgan fingerprint density at radius 1 is 0.762 bits per heavy atom. The summed E-state index contributed by atoms with van der Waals surface area (Å²) < 4.78 is 0. The second-order valence-corrected chi connectivity index (χ2v) is 9.39. The van der Waals surface area contributed by atoms with Crippen molar-refractivity contribution >= 4 is 41.5 Å². The van der Waals surface area contributed by atoms with Crippen molar-refractivity contribution in [3.63, 3.8) is 0 Å². The molecule has 0 heterocycles. The van der Waals surface area contributed by atoms with Gasteiger partial charge in [0.1, 0.15) is 23.9 Å². The van der Waals surface area contributed by atoms with Crippen LogP contribution in [0.15, 0.2) is 29.3 Å². The molecule has 4 atom stereocenters. The van der Waals surface area contributed by atoms with Crippen molar-refractivity contribution in [2.75, 3.05) is 6.54 Å². The number of aliphatic carboxylic acids is 2. The molecule has 14 N–H and O–H groups in total. The maximum Gasteiger partial charge on any atom is 0.326 e. The average molecular weight is 595 g/mol. The number of nitrogens with two attached hydrogens (primary N) is 4. The Labute approximate surface area is 241 Å². The van der Waals surface area contributed by atoms with E-state index in [4.69, 9.17) is 28.0 Å². The highest BCUT2D eigenvalue weighted by atomic mass is 16.4. The van der Waals surface area contributed by atoms with Gasteiger partial charge in [-0.2, -0.15) is 0 Å². The van der Waals surface area contributed by atoms with Crippen LogP contribution in [0.1, 0.15) is 44.1 Å². The van der Waals surface area contributed by atoms with Crippen LogP contribution in [-0.4, -0.2) is 87.6 Å². The average Bonchev–Trinajstić information content (AvgIpc) is 2.91. The molecule has 0 aromatic heterocycles. The summed E-state index contributed by atoms with van der Waals surface area (Å²) in [7, 11) is 0. The molecular formula is C25H38N8O9. The van der Waals surface area contributed by atoms with E-state index >= 15 is 0 Å². The van der Waals surface area contributed by atoms with Crippen LogP contribution in [0, 0.1) is 0 Å². The molecule has 4 amide bonds. The number of carboxylic acids is 2. The van der Waals surface area contributed by atoms with E-state index in [1.807, 2.05) is 0 Å². The van der Waals surface area contributed by atoms with E-state index in [-0.39, 0.29) is 56.8 Å². The third kappa shape index (κ3) is 13.9. The molecule has 17 heteroatoms. The smallest absolute Gasteiger partial charge is 0.326 e. The summed E-state index contributed by atoms with van der Waals surface area (Å²) in [5.74, 6) is -6.21. The van der Waals surface area contributed by atoms with E-state index in [0.29, 0.717) is 5.56 Å². The molecule has 0 aliphatic rings. The molecule has 0 aliphatic carbocycles. The number of phenols is 1. The highest BCUT2D eigenvalue weighted by Crippen LogP contribution is 2.12. The van der Waals surface area contributed by atoms with Crippen molar-refractivity contribution in [2.24, 2.45) is 27.9 Å². The van der Waals surface area contributed by atoms with E-state index in [2.05, 4.69) is 20.9 Å². The van der Waals surface area contributed by atoms with Crippen LogP contribution in [0.3, 0.4) is 0 Å². The van der Waals surface area contributed by atoms with Gasteiger partial charge >= 0.3 is 11.9 Å². The molecule has 232 valence electrons. The van der Waals surface area contributed by atoms with Gasteiger partial charge in [-0.05, 0) is 43.4 Å². The number of primary amides is 1. The molecule has 17 nitrogen and oxygen atoms in total. The highest BCUT2D eigenvalue weighted by molar-refractivity contribution is 5.94. The number of hydrogen-bond acceptors (Lipinski definition) is 9. The number of benzene rings is 1. The number of amides is 4. The van der Waals surface area contributed by atoms with Gasteiger partial charge in [0.25, 0.3) is 0 Å². The van der Waals surface area contributed by atoms with Gasteiger partial charge in [-0.1, -0.05) is 12.1 Å². The van der Waals surface area contributed by atoms with Crippen LogP contribution in [0.2, 0.25) is 0 Å². The summed E-state index contributed by atoms with van der Waals surface area (Å²) in [4.78, 5) is 76.7. The lowest BCUT2D eigenvalue weighted by molar-refractivity contribution is -0.142. The van der Waals surface area contributed by atoms with Gasteiger partial charge in [-0.15, -0.1) is 0 Å². The Kier molecular flexibility index (Phi) is 14.8. The first-order valence-electron chi connectivity index (χ1n) is 12.9. The van der Waals surface area contributed by atoms with Crippen molar-refractivity contribution in [3.05, 3.63) is 29.8 Å². The van der Waals surface area contributed by atoms with Crippen LogP contribution in [0.5, 0.6) is 5.75 Å². The van der Waals surface area contributed by atoms with Crippen LogP contribution in [0.25, 0.3) is 0 Å². The van der Waals surface area contributed by atoms with Gasteiger partial charge in [0.2, 0.25) is 23.6 Å². The van der Waals surface area contributed by atoms with Gasteiger partial charge in [0, 0.05) is 25.8 Å². The van der Waals surface area contributed by atoms with E-state index in [9.17, 15) is 39.0 Å². The zero-order valence-electron chi connectivity index (χ0n) is 22.8. The minimum Gasteiger partial charge on any atom is -0.508 e. The Morgan fingerprint density at radius 3 is 1.83 bits per heavy atom. The second kappa shape index (κ2) is 17.7. The largest absolute Gasteiger partial charge is 0.508 e. The molecule has 0 saturated heterocycles. The highest BCUT2D eigenvalue weighted by Gasteiger charge is 2.30. The fourth-order valence-electron chi connectivity index (χ4n) is 3.63. The molecule has 1 aromatic carbocycles. The number of nitrogens with one attached hydrogen (secondary N) is 3. The summed E-state index contributed by atoms with van der Waals surface area (Å²) in [6.07, 6.45) is -1.24. The minimum absolute atomic E-state index is 0.0309. The molecule has 0 saturated carbocycles. The summed E-state index contributed by atoms with van der Waals surface area (Å²) in [5.41, 5.74) is 21.9. The predicted octanol–water partition coefficient (Wildman–Crippen LogP) is -3.02. The number of rotatable bonds is 19. The standard InChI is InChI=1S/C25H38N8O9/c26-15(7-9-19(27)35)21(38)31-17(8-10-20(36)37)23(40)32-16(2-1-11-30-25(28)29)22(39)33-18(24(41)42)12-13-3-5-14(34)6-4-13/h3-6,15-18,34H,1-2,7-12,26H2,(H2,27,35)(H,31,38)(H,32,40)(H,33,39)(H,36,37)(H,41,42)(H4,28,29,30). The molecule has 42 heavy (non-hydrogen) atoms. The first kappa shape index (κ1) is 35.1. The SMILES string of the molecule is NC(=O)CCC(N)C(=O)NC(CCC(=O)O)C(=O)NC(CCCN=C(N)N)C(=O)NC(Cc1ccc(O)cc1)C(=O)O. The maximum absolute atomic E-state index is 13.2. The topological polar surface area (TPSA) is 316 Å². The van der Waals surface area contributed by atoms with Crippen molar-refractivity contribution in [1.82, 2.24) is 16.0 Å². The lowest BCUT2D eigenvalue weighted by Crippen LogP contribution is -2.57. The predicted molar refractivity (Wildman–Crippen MR) is 148 cm³/mol. The molecule has 0 aliphatic heterocycles. The molecular weight excluding hydrogens is 556 g/mol. The number of aliphatic imine (C=N–C) groups is 1. The van der Waals surface area contributed by atoms with Gasteiger partial charge < -0.3 is 54.2 Å². The molecule has 1 aromatic rings. The third-order valence-corrected chi connectivity index (χ3v) is 5.89. The first-order chi connectivity index (χ1) is 19.7. The first-order valence-corrected chi connectivity index (χ1v) is 12.9. The van der Waals surface area contributed by atoms with Crippen LogP contribution in [0.4, 0.5) is 0 Å². The number of hydrogen-bond donors (Lipinski definition) is 10. The number of nitrogens with zero attached hydrogens (tertiary/aromatic N) is 1. The van der Waals surface area contributed by atoms with Gasteiger partial charge in [0.05, 0.1) is 6.04 Å². The molecule has 0 radical (unpaired) electrons. The van der Waals surface area contributed by atoms with E-state index < -0.39 is 66.2 Å². The third-order valence-electron chi connectivity index (χ3n) is 5.89. The number of aromatic hydroxyl groups is 1. The molecule has 4 unspecified atom stereocenters. The van der Waals surface area contributed by atoms with Crippen LogP contribution in [-0.2, 0) is 35.2 Å². The maximum atomic E-state index is 13.2. The number of phenolic OH excluding ortho intramolecular Hbond substituents is 1. The normalized spacial score (nSPS) is 13.5. The Hall–Kier alpha value is -4.93. The number of carbonyl (C=O) groups excluding carboxylic acids is 4. The van der Waals surface area contributed by atoms with Crippen molar-refractivity contribution < 1.29 is 44.1 Å². The van der Waals surface area contributed by atoms with E-state index in [1.165, 1.54) is 24.3 Å². The lowest BCUT2D eigenvalue weighted by atomic mass is 10.0. The quantitative estimate of drug-likeness (QED) is 0.0435. The fourth-order valence-corrected chi connectivity index (χ4v) is 3.63. The van der Waals surface area contributed by atoms with Crippen molar-refractivity contribution in [1.29, 1.82) is 0 Å². The van der Waals surface area contributed by atoms with Gasteiger partial charge in [0.15, 0.2) is 5.96 Å². The number of guanidine groups is 1. The molecule has 0 spiro atoms. The van der Waals surface area contributed by atoms with Gasteiger partial charge in [-0.3, -0.25) is 29.0 Å². The van der Waals surface area contributed by atoms with Crippen molar-refractivity contribution in [3.8, 4) is 5.75 Å².